The average molecular weight is 368 g/mol. The number of benzene rings is 2. The quantitative estimate of drug-likeness (QED) is 0.551. The molecule has 0 saturated heterocycles. The number of furan rings is 1. The number of aryl methyl sites for hydroxylation is 2. The maximum absolute atomic E-state index is 13.3. The first-order chi connectivity index (χ1) is 12.8. The molecule has 3 rings (SSSR count). The number of carbonyl (C=O) groups is 2. The lowest BCUT2D eigenvalue weighted by atomic mass is 9.96. The Morgan fingerprint density at radius 1 is 1.04 bits per heavy atom. The summed E-state index contributed by atoms with van der Waals surface area (Å²) < 4.78 is 15.6. The van der Waals surface area contributed by atoms with Crippen LogP contribution in [-0.4, -0.2) is 31.1 Å². The second-order valence-corrected chi connectivity index (χ2v) is 6.36. The van der Waals surface area contributed by atoms with Crippen LogP contribution in [0.4, 0.5) is 0 Å². The predicted molar refractivity (Wildman–Crippen MR) is 99.9 cm³/mol. The Morgan fingerprint density at radius 2 is 1.74 bits per heavy atom. The van der Waals surface area contributed by atoms with Gasteiger partial charge in [-0.2, -0.15) is 0 Å². The largest absolute Gasteiger partial charge is 0.504 e. The minimum atomic E-state index is -0.789. The Balaban J connectivity index is 2.30. The van der Waals surface area contributed by atoms with Gasteiger partial charge in [0.25, 0.3) is 0 Å². The first-order valence-corrected chi connectivity index (χ1v) is 8.33. The Hall–Kier alpha value is -3.28. The summed E-state index contributed by atoms with van der Waals surface area (Å²) >= 11 is 0. The second-order valence-electron chi connectivity index (χ2n) is 6.36. The number of aromatic hydroxyl groups is 1. The van der Waals surface area contributed by atoms with Crippen molar-refractivity contribution >= 4 is 22.7 Å². The van der Waals surface area contributed by atoms with Gasteiger partial charge in [-0.1, -0.05) is 6.07 Å². The predicted octanol–water partition coefficient (Wildman–Crippen LogP) is 4.09. The van der Waals surface area contributed by atoms with Crippen LogP contribution in [0.3, 0.4) is 0 Å². The van der Waals surface area contributed by atoms with Crippen molar-refractivity contribution in [3.05, 3.63) is 57.8 Å². The number of rotatable bonds is 4. The lowest BCUT2D eigenvalue weighted by Crippen LogP contribution is -2.10. The SMILES string of the molecule is COC(=O)c1oc2c(O)c(C)ccc2c1C(=O)c1cc(C)c(C)c(OC)c1. The van der Waals surface area contributed by atoms with Gasteiger partial charge in [0.05, 0.1) is 19.8 Å². The van der Waals surface area contributed by atoms with Crippen molar-refractivity contribution in [2.75, 3.05) is 14.2 Å². The highest BCUT2D eigenvalue weighted by atomic mass is 16.5. The number of ketones is 1. The molecule has 0 amide bonds. The van der Waals surface area contributed by atoms with Crippen LogP contribution in [0.5, 0.6) is 11.5 Å². The van der Waals surface area contributed by atoms with Gasteiger partial charge in [0.2, 0.25) is 5.76 Å². The van der Waals surface area contributed by atoms with E-state index in [2.05, 4.69) is 0 Å². The molecular formula is C21H20O6. The van der Waals surface area contributed by atoms with Crippen molar-refractivity contribution in [1.29, 1.82) is 0 Å². The first-order valence-electron chi connectivity index (χ1n) is 8.33. The molecule has 0 radical (unpaired) electrons. The average Bonchev–Trinajstić information content (AvgIpc) is 3.05. The fourth-order valence-electron chi connectivity index (χ4n) is 3.02. The molecule has 6 nitrogen and oxygen atoms in total. The van der Waals surface area contributed by atoms with Crippen molar-refractivity contribution in [1.82, 2.24) is 0 Å². The molecular weight excluding hydrogens is 348 g/mol. The lowest BCUT2D eigenvalue weighted by molar-refractivity contribution is 0.0564. The van der Waals surface area contributed by atoms with E-state index in [9.17, 15) is 14.7 Å². The normalized spacial score (nSPS) is 10.9. The van der Waals surface area contributed by atoms with E-state index in [1.807, 2.05) is 13.8 Å². The van der Waals surface area contributed by atoms with E-state index in [0.717, 1.165) is 11.1 Å². The van der Waals surface area contributed by atoms with Crippen molar-refractivity contribution in [3.8, 4) is 11.5 Å². The molecule has 3 aromatic rings. The van der Waals surface area contributed by atoms with E-state index < -0.39 is 11.8 Å². The Bertz CT molecular complexity index is 1070. The highest BCUT2D eigenvalue weighted by Gasteiger charge is 2.29. The van der Waals surface area contributed by atoms with Crippen molar-refractivity contribution in [2.45, 2.75) is 20.8 Å². The van der Waals surface area contributed by atoms with E-state index >= 15 is 0 Å². The van der Waals surface area contributed by atoms with Gasteiger partial charge in [-0.3, -0.25) is 4.79 Å². The molecule has 0 bridgehead atoms. The molecule has 140 valence electrons. The Kier molecular flexibility index (Phi) is 4.66. The van der Waals surface area contributed by atoms with Crippen LogP contribution in [0, 0.1) is 20.8 Å². The summed E-state index contributed by atoms with van der Waals surface area (Å²) in [6.07, 6.45) is 0. The van der Waals surface area contributed by atoms with Crippen LogP contribution < -0.4 is 4.74 Å². The monoisotopic (exact) mass is 368 g/mol. The van der Waals surface area contributed by atoms with Gasteiger partial charge in [-0.05, 0) is 55.7 Å². The standard InChI is InChI=1S/C21H20O6/c1-10-6-7-14-16(20(21(24)26-5)27-19(14)17(10)22)18(23)13-8-11(2)12(3)15(9-13)25-4/h6-9,22H,1-5H3. The number of ether oxygens (including phenoxy) is 2. The van der Waals surface area contributed by atoms with Gasteiger partial charge in [0.1, 0.15) is 5.75 Å². The zero-order chi connectivity index (χ0) is 19.9. The zero-order valence-electron chi connectivity index (χ0n) is 15.8. The van der Waals surface area contributed by atoms with Gasteiger partial charge in [0.15, 0.2) is 17.1 Å². The maximum atomic E-state index is 13.3. The molecule has 2 aromatic carbocycles. The number of phenols is 1. The zero-order valence-corrected chi connectivity index (χ0v) is 15.8. The van der Waals surface area contributed by atoms with E-state index in [1.54, 1.807) is 31.2 Å². The van der Waals surface area contributed by atoms with Gasteiger partial charge < -0.3 is 19.0 Å². The molecule has 0 aliphatic carbocycles. The molecule has 0 unspecified atom stereocenters. The highest BCUT2D eigenvalue weighted by molar-refractivity contribution is 6.21. The van der Waals surface area contributed by atoms with Crippen LogP contribution >= 0.6 is 0 Å². The van der Waals surface area contributed by atoms with Crippen LogP contribution in [-0.2, 0) is 4.74 Å². The third kappa shape index (κ3) is 2.93. The molecule has 0 aliphatic heterocycles. The summed E-state index contributed by atoms with van der Waals surface area (Å²) in [5.74, 6) is -0.990. The highest BCUT2D eigenvalue weighted by Crippen LogP contribution is 2.36. The van der Waals surface area contributed by atoms with E-state index in [-0.39, 0.29) is 22.7 Å². The number of esters is 1. The van der Waals surface area contributed by atoms with E-state index in [1.165, 1.54) is 14.2 Å². The van der Waals surface area contributed by atoms with Gasteiger partial charge >= 0.3 is 5.97 Å². The number of carbonyl (C=O) groups excluding carboxylic acids is 2. The van der Waals surface area contributed by atoms with Crippen molar-refractivity contribution in [2.24, 2.45) is 0 Å². The van der Waals surface area contributed by atoms with Gasteiger partial charge in [-0.25, -0.2) is 4.79 Å². The van der Waals surface area contributed by atoms with Crippen LogP contribution in [0.15, 0.2) is 28.7 Å². The summed E-state index contributed by atoms with van der Waals surface area (Å²) in [6, 6.07) is 6.66. The van der Waals surface area contributed by atoms with Crippen LogP contribution in [0.25, 0.3) is 11.0 Å². The summed E-state index contributed by atoms with van der Waals surface area (Å²) in [6.45, 7) is 5.47. The second kappa shape index (κ2) is 6.79. The molecule has 0 saturated carbocycles. The molecule has 27 heavy (non-hydrogen) atoms. The smallest absolute Gasteiger partial charge is 0.374 e. The van der Waals surface area contributed by atoms with Crippen LogP contribution in [0.1, 0.15) is 43.2 Å². The molecule has 1 N–H and O–H groups in total. The summed E-state index contributed by atoms with van der Waals surface area (Å²) in [7, 11) is 2.73. The molecule has 0 aliphatic rings. The third-order valence-electron chi connectivity index (χ3n) is 4.73. The third-order valence-corrected chi connectivity index (χ3v) is 4.73. The van der Waals surface area contributed by atoms with Gasteiger partial charge in [-0.15, -0.1) is 0 Å². The van der Waals surface area contributed by atoms with Crippen LogP contribution in [0.2, 0.25) is 0 Å². The molecule has 1 aromatic heterocycles. The number of hydrogen-bond acceptors (Lipinski definition) is 6. The fraction of sp³-hybridized carbons (Fsp3) is 0.238. The van der Waals surface area contributed by atoms with Crippen molar-refractivity contribution in [3.63, 3.8) is 0 Å². The van der Waals surface area contributed by atoms with E-state index in [0.29, 0.717) is 22.3 Å². The molecule has 6 heteroatoms. The number of fused-ring (bicyclic) bond motifs is 1. The summed E-state index contributed by atoms with van der Waals surface area (Å²) in [5.41, 5.74) is 2.85. The molecule has 0 spiro atoms. The van der Waals surface area contributed by atoms with Gasteiger partial charge in [0, 0.05) is 10.9 Å². The topological polar surface area (TPSA) is 86.0 Å². The molecule has 0 fully saturated rings. The summed E-state index contributed by atoms with van der Waals surface area (Å²) in [5, 5.41) is 10.6. The maximum Gasteiger partial charge on any atom is 0.374 e. The minimum absolute atomic E-state index is 0.0532. The van der Waals surface area contributed by atoms with Crippen molar-refractivity contribution < 1.29 is 28.6 Å². The Labute approximate surface area is 156 Å². The minimum Gasteiger partial charge on any atom is -0.504 e. The lowest BCUT2D eigenvalue weighted by Gasteiger charge is -2.10. The summed E-state index contributed by atoms with van der Waals surface area (Å²) in [4.78, 5) is 25.5. The van der Waals surface area contributed by atoms with E-state index in [4.69, 9.17) is 13.9 Å². The number of hydrogen-bond donors (Lipinski definition) is 1. The first kappa shape index (κ1) is 18.5. The Morgan fingerprint density at radius 3 is 2.37 bits per heavy atom. The molecule has 0 atom stereocenters. The number of methoxy groups -OCH3 is 2. The fourth-order valence-corrected chi connectivity index (χ4v) is 3.02. The molecule has 1 heterocycles. The number of phenolic OH excluding ortho intramolecular Hbond substituents is 1.